The predicted molar refractivity (Wildman–Crippen MR) is 64.9 cm³/mol. The fourth-order valence-corrected chi connectivity index (χ4v) is 3.16. The van der Waals surface area contributed by atoms with E-state index in [2.05, 4.69) is 4.90 Å². The lowest BCUT2D eigenvalue weighted by molar-refractivity contribution is 0.181. The smallest absolute Gasteiger partial charge is 0.0110 e. The van der Waals surface area contributed by atoms with E-state index >= 15 is 0 Å². The van der Waals surface area contributed by atoms with E-state index in [9.17, 15) is 0 Å². The molecule has 0 aromatic carbocycles. The summed E-state index contributed by atoms with van der Waals surface area (Å²) in [6, 6.07) is 1.28. The number of rotatable bonds is 1. The van der Waals surface area contributed by atoms with E-state index in [-0.39, 0.29) is 0 Å². The van der Waals surface area contributed by atoms with Gasteiger partial charge in [0.2, 0.25) is 0 Å². The van der Waals surface area contributed by atoms with E-state index in [4.69, 9.17) is 5.73 Å². The molecule has 2 rings (SSSR count). The Morgan fingerprint density at radius 3 is 2.20 bits per heavy atom. The Bertz CT molecular complexity index is 173. The highest BCUT2D eigenvalue weighted by atomic mass is 15.2. The van der Waals surface area contributed by atoms with Crippen LogP contribution in [-0.4, -0.2) is 30.1 Å². The van der Waals surface area contributed by atoms with E-state index in [1.54, 1.807) is 0 Å². The normalized spacial score (nSPS) is 35.8. The van der Waals surface area contributed by atoms with Gasteiger partial charge in [-0.1, -0.05) is 25.7 Å². The first-order valence-corrected chi connectivity index (χ1v) is 6.86. The van der Waals surface area contributed by atoms with Gasteiger partial charge < -0.3 is 10.6 Å². The minimum absolute atomic E-state index is 0.473. The largest absolute Gasteiger partial charge is 0.328 e. The second-order valence-electron chi connectivity index (χ2n) is 5.38. The Labute approximate surface area is 94.2 Å². The van der Waals surface area contributed by atoms with Gasteiger partial charge in [0, 0.05) is 12.1 Å². The molecular formula is C13H26N2. The quantitative estimate of drug-likeness (QED) is 0.674. The van der Waals surface area contributed by atoms with Crippen LogP contribution in [0.2, 0.25) is 0 Å². The van der Waals surface area contributed by atoms with Gasteiger partial charge in [-0.3, -0.25) is 0 Å². The average Bonchev–Trinajstić information content (AvgIpc) is 2.59. The molecule has 2 atom stereocenters. The molecule has 1 saturated heterocycles. The first kappa shape index (κ1) is 11.4. The first-order valence-electron chi connectivity index (χ1n) is 6.86. The average molecular weight is 210 g/mol. The van der Waals surface area contributed by atoms with Crippen LogP contribution in [-0.2, 0) is 0 Å². The molecular weight excluding hydrogens is 184 g/mol. The minimum atomic E-state index is 0.473. The highest BCUT2D eigenvalue weighted by Crippen LogP contribution is 2.23. The van der Waals surface area contributed by atoms with Gasteiger partial charge in [0.15, 0.2) is 0 Å². The summed E-state index contributed by atoms with van der Waals surface area (Å²) in [4.78, 5) is 2.73. The van der Waals surface area contributed by atoms with Gasteiger partial charge >= 0.3 is 0 Å². The monoisotopic (exact) mass is 210 g/mol. The molecule has 0 aromatic rings. The Kier molecular flexibility index (Phi) is 4.45. The second-order valence-corrected chi connectivity index (χ2v) is 5.38. The fraction of sp³-hybridized carbons (Fsp3) is 1.00. The number of likely N-dealkylation sites (tertiary alicyclic amines) is 1. The van der Waals surface area contributed by atoms with Crippen LogP contribution in [0.5, 0.6) is 0 Å². The zero-order valence-corrected chi connectivity index (χ0v) is 9.96. The van der Waals surface area contributed by atoms with E-state index in [1.165, 1.54) is 70.9 Å². The maximum atomic E-state index is 6.14. The van der Waals surface area contributed by atoms with Crippen molar-refractivity contribution in [3.63, 3.8) is 0 Å². The van der Waals surface area contributed by atoms with Crippen molar-refractivity contribution in [2.45, 2.75) is 69.9 Å². The van der Waals surface area contributed by atoms with Crippen molar-refractivity contribution in [3.8, 4) is 0 Å². The molecule has 2 N–H and O–H groups in total. The number of nitrogens with two attached hydrogens (primary N) is 1. The van der Waals surface area contributed by atoms with E-state index in [0.29, 0.717) is 6.04 Å². The molecule has 0 spiro atoms. The van der Waals surface area contributed by atoms with Gasteiger partial charge in [-0.2, -0.15) is 0 Å². The molecule has 0 radical (unpaired) electrons. The molecule has 2 heteroatoms. The van der Waals surface area contributed by atoms with E-state index in [0.717, 1.165) is 6.04 Å². The zero-order valence-electron chi connectivity index (χ0n) is 9.96. The van der Waals surface area contributed by atoms with Crippen LogP contribution in [0.1, 0.15) is 57.8 Å². The van der Waals surface area contributed by atoms with Crippen molar-refractivity contribution in [1.82, 2.24) is 4.90 Å². The molecule has 88 valence electrons. The molecule has 2 nitrogen and oxygen atoms in total. The summed E-state index contributed by atoms with van der Waals surface area (Å²) in [6.45, 7) is 2.66. The van der Waals surface area contributed by atoms with E-state index in [1.807, 2.05) is 0 Å². The number of hydrogen-bond acceptors (Lipinski definition) is 2. The van der Waals surface area contributed by atoms with E-state index < -0.39 is 0 Å². The molecule has 1 saturated carbocycles. The summed E-state index contributed by atoms with van der Waals surface area (Å²) >= 11 is 0. The van der Waals surface area contributed by atoms with Gasteiger partial charge in [0.1, 0.15) is 0 Å². The first-order chi connectivity index (χ1) is 7.36. The van der Waals surface area contributed by atoms with Gasteiger partial charge in [-0.05, 0) is 45.2 Å². The van der Waals surface area contributed by atoms with Crippen LogP contribution < -0.4 is 5.73 Å². The summed E-state index contributed by atoms with van der Waals surface area (Å²) in [5.41, 5.74) is 6.14. The lowest BCUT2D eigenvalue weighted by atomic mass is 10.0. The van der Waals surface area contributed by atoms with Crippen LogP contribution in [0.4, 0.5) is 0 Å². The highest BCUT2D eigenvalue weighted by Gasteiger charge is 2.23. The molecule has 0 aromatic heterocycles. The van der Waals surface area contributed by atoms with Gasteiger partial charge in [-0.15, -0.1) is 0 Å². The topological polar surface area (TPSA) is 29.3 Å². The highest BCUT2D eigenvalue weighted by molar-refractivity contribution is 4.81. The third kappa shape index (κ3) is 3.46. The molecule has 1 heterocycles. The summed E-state index contributed by atoms with van der Waals surface area (Å²) in [6.07, 6.45) is 12.3. The van der Waals surface area contributed by atoms with Crippen LogP contribution in [0.25, 0.3) is 0 Å². The summed E-state index contributed by atoms with van der Waals surface area (Å²) in [7, 11) is 0. The predicted octanol–water partition coefficient (Wildman–Crippen LogP) is 2.52. The standard InChI is InChI=1S/C13H26N2/c14-12-7-3-4-8-13(11-12)15-9-5-1-2-6-10-15/h12-13H,1-11,14H2. The molecule has 0 bridgehead atoms. The van der Waals surface area contributed by atoms with Crippen molar-refractivity contribution in [2.24, 2.45) is 5.73 Å². The molecule has 0 amide bonds. The molecule has 2 aliphatic rings. The second kappa shape index (κ2) is 5.86. The minimum Gasteiger partial charge on any atom is -0.328 e. The summed E-state index contributed by atoms with van der Waals surface area (Å²) in [5, 5.41) is 0. The Morgan fingerprint density at radius 2 is 1.47 bits per heavy atom. The lowest BCUT2D eigenvalue weighted by Crippen LogP contribution is -2.39. The number of hydrogen-bond donors (Lipinski definition) is 1. The van der Waals surface area contributed by atoms with Crippen LogP contribution in [0.3, 0.4) is 0 Å². The summed E-state index contributed by atoms with van der Waals surface area (Å²) < 4.78 is 0. The van der Waals surface area contributed by atoms with Crippen LogP contribution in [0, 0.1) is 0 Å². The maximum absolute atomic E-state index is 6.14. The van der Waals surface area contributed by atoms with Crippen molar-refractivity contribution in [2.75, 3.05) is 13.1 Å². The Balaban J connectivity index is 1.88. The third-order valence-electron chi connectivity index (χ3n) is 4.09. The van der Waals surface area contributed by atoms with Crippen LogP contribution >= 0.6 is 0 Å². The van der Waals surface area contributed by atoms with Gasteiger partial charge in [0.05, 0.1) is 0 Å². The van der Waals surface area contributed by atoms with Crippen molar-refractivity contribution in [3.05, 3.63) is 0 Å². The Morgan fingerprint density at radius 1 is 0.800 bits per heavy atom. The summed E-state index contributed by atoms with van der Waals surface area (Å²) in [5.74, 6) is 0. The van der Waals surface area contributed by atoms with Crippen molar-refractivity contribution >= 4 is 0 Å². The van der Waals surface area contributed by atoms with Crippen molar-refractivity contribution < 1.29 is 0 Å². The Hall–Kier alpha value is -0.0800. The zero-order chi connectivity index (χ0) is 10.5. The van der Waals surface area contributed by atoms with Gasteiger partial charge in [0.25, 0.3) is 0 Å². The molecule has 1 aliphatic carbocycles. The van der Waals surface area contributed by atoms with Gasteiger partial charge in [-0.25, -0.2) is 0 Å². The molecule has 2 fully saturated rings. The van der Waals surface area contributed by atoms with Crippen molar-refractivity contribution in [1.29, 1.82) is 0 Å². The van der Waals surface area contributed by atoms with Crippen LogP contribution in [0.15, 0.2) is 0 Å². The number of nitrogens with zero attached hydrogens (tertiary/aromatic N) is 1. The third-order valence-corrected chi connectivity index (χ3v) is 4.09. The fourth-order valence-electron chi connectivity index (χ4n) is 3.16. The molecule has 15 heavy (non-hydrogen) atoms. The lowest BCUT2D eigenvalue weighted by Gasteiger charge is -2.30. The maximum Gasteiger partial charge on any atom is 0.0110 e. The molecule has 1 aliphatic heterocycles. The molecule has 2 unspecified atom stereocenters. The SMILES string of the molecule is NC1CCCCC(N2CCCCCC2)C1.